The van der Waals surface area contributed by atoms with Gasteiger partial charge in [0.1, 0.15) is 0 Å². The summed E-state index contributed by atoms with van der Waals surface area (Å²) in [6.45, 7) is 1.86. The van der Waals surface area contributed by atoms with E-state index in [9.17, 15) is 4.79 Å². The molecule has 1 aliphatic heterocycles. The molecule has 0 aliphatic carbocycles. The summed E-state index contributed by atoms with van der Waals surface area (Å²) < 4.78 is 0. The first kappa shape index (κ1) is 14.5. The number of carbonyl (C=O) groups excluding carboxylic acids is 1. The third-order valence-corrected chi connectivity index (χ3v) is 3.63. The van der Waals surface area contributed by atoms with Crippen LogP contribution in [0.3, 0.4) is 0 Å². The lowest BCUT2D eigenvalue weighted by Gasteiger charge is -2.23. The van der Waals surface area contributed by atoms with Gasteiger partial charge in [-0.2, -0.15) is 11.3 Å². The lowest BCUT2D eigenvalue weighted by atomic mass is 10.1. The van der Waals surface area contributed by atoms with Crippen molar-refractivity contribution in [2.75, 3.05) is 13.1 Å². The van der Waals surface area contributed by atoms with Crippen molar-refractivity contribution in [3.63, 3.8) is 0 Å². The predicted octanol–water partition coefficient (Wildman–Crippen LogP) is 1.97. The van der Waals surface area contributed by atoms with E-state index in [0.29, 0.717) is 12.5 Å². The molecule has 0 bridgehead atoms. The van der Waals surface area contributed by atoms with Gasteiger partial charge in [-0.3, -0.25) is 4.79 Å². The molecular weight excluding hydrogens is 256 g/mol. The zero-order valence-corrected chi connectivity index (χ0v) is 11.4. The summed E-state index contributed by atoms with van der Waals surface area (Å²) in [6.07, 6.45) is 4.23. The molecule has 0 saturated carbocycles. The van der Waals surface area contributed by atoms with Gasteiger partial charge >= 0.3 is 0 Å². The van der Waals surface area contributed by atoms with Crippen LogP contribution in [-0.4, -0.2) is 25.0 Å². The largest absolute Gasteiger partial charge is 0.354 e. The third-order valence-electron chi connectivity index (χ3n) is 2.90. The highest BCUT2D eigenvalue weighted by Gasteiger charge is 2.13. The van der Waals surface area contributed by atoms with Crippen molar-refractivity contribution in [2.24, 2.45) is 0 Å². The Morgan fingerprint density at radius 3 is 3.06 bits per heavy atom. The normalized spacial score (nSPS) is 19.4. The first-order valence-electron chi connectivity index (χ1n) is 5.86. The summed E-state index contributed by atoms with van der Waals surface area (Å²) in [5, 5.41) is 10.4. The first-order valence-corrected chi connectivity index (χ1v) is 6.80. The summed E-state index contributed by atoms with van der Waals surface area (Å²) in [6, 6.07) is 2.48. The number of amides is 1. The van der Waals surface area contributed by atoms with E-state index < -0.39 is 0 Å². The number of hydrogen-bond acceptors (Lipinski definition) is 3. The fraction of sp³-hybridized carbons (Fsp3) is 0.583. The predicted molar refractivity (Wildman–Crippen MR) is 73.9 cm³/mol. The van der Waals surface area contributed by atoms with Crippen molar-refractivity contribution in [2.45, 2.75) is 31.7 Å². The zero-order valence-electron chi connectivity index (χ0n) is 9.78. The lowest BCUT2D eigenvalue weighted by Crippen LogP contribution is -2.43. The Morgan fingerprint density at radius 2 is 2.41 bits per heavy atom. The molecule has 1 aliphatic rings. The van der Waals surface area contributed by atoms with Gasteiger partial charge in [0.25, 0.3) is 0 Å². The van der Waals surface area contributed by atoms with Gasteiger partial charge in [0, 0.05) is 12.6 Å². The Hall–Kier alpha value is -0.580. The lowest BCUT2D eigenvalue weighted by molar-refractivity contribution is -0.120. The molecule has 1 fully saturated rings. The molecule has 1 aromatic heterocycles. The van der Waals surface area contributed by atoms with Gasteiger partial charge in [0.2, 0.25) is 5.91 Å². The number of hydrogen-bond donors (Lipinski definition) is 2. The van der Waals surface area contributed by atoms with Crippen molar-refractivity contribution < 1.29 is 4.79 Å². The molecule has 17 heavy (non-hydrogen) atoms. The van der Waals surface area contributed by atoms with E-state index in [-0.39, 0.29) is 18.3 Å². The van der Waals surface area contributed by atoms with Crippen LogP contribution in [0.2, 0.25) is 0 Å². The van der Waals surface area contributed by atoms with Crippen molar-refractivity contribution in [3.05, 3.63) is 22.4 Å². The van der Waals surface area contributed by atoms with E-state index in [0.717, 1.165) is 18.7 Å². The molecule has 0 aromatic carbocycles. The Kier molecular flexibility index (Phi) is 6.55. The van der Waals surface area contributed by atoms with E-state index in [1.165, 1.54) is 19.3 Å². The summed E-state index contributed by atoms with van der Waals surface area (Å²) in [5.41, 5.74) is 1.11. The van der Waals surface area contributed by atoms with Crippen LogP contribution in [0.4, 0.5) is 0 Å². The quantitative estimate of drug-likeness (QED) is 0.881. The van der Waals surface area contributed by atoms with Crippen LogP contribution < -0.4 is 10.6 Å². The number of thiophene rings is 1. The minimum absolute atomic E-state index is 0. The summed E-state index contributed by atoms with van der Waals surface area (Å²) in [7, 11) is 0. The Labute approximate surface area is 112 Å². The monoisotopic (exact) mass is 274 g/mol. The van der Waals surface area contributed by atoms with Gasteiger partial charge in [-0.1, -0.05) is 6.42 Å². The topological polar surface area (TPSA) is 41.1 Å². The fourth-order valence-corrected chi connectivity index (χ4v) is 2.65. The molecule has 2 N–H and O–H groups in total. The maximum Gasteiger partial charge on any atom is 0.224 e. The van der Waals surface area contributed by atoms with Crippen LogP contribution in [0.15, 0.2) is 16.8 Å². The minimum atomic E-state index is 0. The SMILES string of the molecule is Cl.O=C(Cc1ccsc1)NCC1CCCCN1. The Balaban J connectivity index is 0.00000144. The summed E-state index contributed by atoms with van der Waals surface area (Å²) in [5.74, 6) is 0.130. The van der Waals surface area contributed by atoms with Crippen molar-refractivity contribution in [1.29, 1.82) is 0 Å². The van der Waals surface area contributed by atoms with E-state index in [1.54, 1.807) is 11.3 Å². The van der Waals surface area contributed by atoms with Crippen LogP contribution in [0.25, 0.3) is 0 Å². The van der Waals surface area contributed by atoms with Crippen molar-refractivity contribution in [1.82, 2.24) is 10.6 Å². The van der Waals surface area contributed by atoms with Gasteiger partial charge in [0.15, 0.2) is 0 Å². The van der Waals surface area contributed by atoms with Crippen LogP contribution in [0, 0.1) is 0 Å². The molecule has 3 nitrogen and oxygen atoms in total. The van der Waals surface area contributed by atoms with Crippen LogP contribution in [-0.2, 0) is 11.2 Å². The second-order valence-electron chi connectivity index (χ2n) is 4.26. The fourth-order valence-electron chi connectivity index (χ4n) is 1.98. The maximum atomic E-state index is 11.6. The molecule has 0 spiro atoms. The highest BCUT2D eigenvalue weighted by Crippen LogP contribution is 2.07. The van der Waals surface area contributed by atoms with Crippen molar-refractivity contribution in [3.8, 4) is 0 Å². The van der Waals surface area contributed by atoms with E-state index in [2.05, 4.69) is 10.6 Å². The van der Waals surface area contributed by atoms with Crippen LogP contribution in [0.1, 0.15) is 24.8 Å². The molecule has 96 valence electrons. The molecule has 1 amide bonds. The van der Waals surface area contributed by atoms with Gasteiger partial charge < -0.3 is 10.6 Å². The highest BCUT2D eigenvalue weighted by molar-refractivity contribution is 7.07. The molecule has 1 aromatic rings. The van der Waals surface area contributed by atoms with Gasteiger partial charge in [-0.15, -0.1) is 12.4 Å². The van der Waals surface area contributed by atoms with Gasteiger partial charge in [-0.05, 0) is 41.8 Å². The first-order chi connectivity index (χ1) is 7.84. The molecule has 2 heterocycles. The molecular formula is C12H19ClN2OS. The summed E-state index contributed by atoms with van der Waals surface area (Å²) >= 11 is 1.64. The molecule has 1 atom stereocenters. The number of halogens is 1. The minimum Gasteiger partial charge on any atom is -0.354 e. The molecule has 2 rings (SSSR count). The number of rotatable bonds is 4. The average Bonchev–Trinajstić information content (AvgIpc) is 2.81. The summed E-state index contributed by atoms with van der Waals surface area (Å²) in [4.78, 5) is 11.6. The maximum absolute atomic E-state index is 11.6. The van der Waals surface area contributed by atoms with E-state index in [4.69, 9.17) is 0 Å². The highest BCUT2D eigenvalue weighted by atomic mass is 35.5. The Bertz CT molecular complexity index is 323. The number of nitrogens with one attached hydrogen (secondary N) is 2. The van der Waals surface area contributed by atoms with Gasteiger partial charge in [-0.25, -0.2) is 0 Å². The third kappa shape index (κ3) is 5.06. The average molecular weight is 275 g/mol. The smallest absolute Gasteiger partial charge is 0.224 e. The molecule has 1 unspecified atom stereocenters. The van der Waals surface area contributed by atoms with Crippen LogP contribution >= 0.6 is 23.7 Å². The molecule has 5 heteroatoms. The number of piperidine rings is 1. The second kappa shape index (κ2) is 7.69. The molecule has 0 radical (unpaired) electrons. The van der Waals surface area contributed by atoms with Gasteiger partial charge in [0.05, 0.1) is 6.42 Å². The molecule has 1 saturated heterocycles. The number of carbonyl (C=O) groups is 1. The van der Waals surface area contributed by atoms with Crippen molar-refractivity contribution >= 4 is 29.7 Å². The zero-order chi connectivity index (χ0) is 11.2. The van der Waals surface area contributed by atoms with Crippen LogP contribution in [0.5, 0.6) is 0 Å². The standard InChI is InChI=1S/C12H18N2OS.ClH/c15-12(7-10-4-6-16-9-10)14-8-11-3-1-2-5-13-11;/h4,6,9,11,13H,1-3,5,7-8H2,(H,14,15);1H. The van der Waals surface area contributed by atoms with E-state index >= 15 is 0 Å². The van der Waals surface area contributed by atoms with E-state index in [1.807, 2.05) is 16.8 Å². The Morgan fingerprint density at radius 1 is 1.53 bits per heavy atom. The second-order valence-corrected chi connectivity index (χ2v) is 5.04.